The minimum Gasteiger partial charge on any atom is -0.394 e. The van der Waals surface area contributed by atoms with Gasteiger partial charge in [0.05, 0.1) is 17.4 Å². The molecule has 2 aliphatic rings. The molecule has 1 aliphatic carbocycles. The van der Waals surface area contributed by atoms with Gasteiger partial charge in [-0.2, -0.15) is 0 Å². The number of thioether (sulfide) groups is 1. The molecule has 90 valence electrons. The number of carbonyl (C=O) groups excluding carboxylic acids is 1. The Bertz CT molecular complexity index is 431. The van der Waals surface area contributed by atoms with Gasteiger partial charge in [0, 0.05) is 4.90 Å². The summed E-state index contributed by atoms with van der Waals surface area (Å²) in [5.74, 6) is 0.0674. The number of hydrogen-bond acceptors (Lipinski definition) is 3. The van der Waals surface area contributed by atoms with Crippen LogP contribution in [0.5, 0.6) is 0 Å². The van der Waals surface area contributed by atoms with Crippen LogP contribution in [0.15, 0.2) is 29.2 Å². The minimum atomic E-state index is -0.299. The van der Waals surface area contributed by atoms with Crippen molar-refractivity contribution >= 4 is 17.7 Å². The molecular formula is C13H15NO2S. The molecule has 0 spiro atoms. The van der Waals surface area contributed by atoms with Gasteiger partial charge in [0.25, 0.3) is 0 Å². The first-order chi connectivity index (χ1) is 8.22. The van der Waals surface area contributed by atoms with Crippen LogP contribution in [0.2, 0.25) is 0 Å². The molecule has 1 aromatic carbocycles. The maximum atomic E-state index is 12.1. The van der Waals surface area contributed by atoms with Crippen LogP contribution < -0.4 is 5.32 Å². The number of rotatable bonds is 3. The van der Waals surface area contributed by atoms with E-state index in [1.54, 1.807) is 11.8 Å². The van der Waals surface area contributed by atoms with E-state index < -0.39 is 0 Å². The van der Waals surface area contributed by atoms with E-state index in [1.807, 2.05) is 12.1 Å². The van der Waals surface area contributed by atoms with Gasteiger partial charge < -0.3 is 10.4 Å². The lowest BCUT2D eigenvalue weighted by molar-refractivity contribution is -0.121. The van der Waals surface area contributed by atoms with Crippen LogP contribution in [0, 0.1) is 0 Å². The summed E-state index contributed by atoms with van der Waals surface area (Å²) < 4.78 is 0. The van der Waals surface area contributed by atoms with E-state index >= 15 is 0 Å². The van der Waals surface area contributed by atoms with Gasteiger partial charge in [-0.1, -0.05) is 18.2 Å². The van der Waals surface area contributed by atoms with Gasteiger partial charge in [-0.15, -0.1) is 11.8 Å². The standard InChI is InChI=1S/C13H15NO2S/c15-8-13(5-6-13)14-12(16)11-7-9-3-1-2-4-10(9)17-11/h1-4,11,15H,5-8H2,(H,14,16). The van der Waals surface area contributed by atoms with Crippen LogP contribution in [0.1, 0.15) is 18.4 Å². The third-order valence-electron chi connectivity index (χ3n) is 3.48. The molecule has 1 amide bonds. The van der Waals surface area contributed by atoms with Crippen molar-refractivity contribution in [1.29, 1.82) is 0 Å². The predicted molar refractivity (Wildman–Crippen MR) is 67.0 cm³/mol. The summed E-state index contributed by atoms with van der Waals surface area (Å²) in [6.07, 6.45) is 2.60. The molecule has 3 nitrogen and oxygen atoms in total. The van der Waals surface area contributed by atoms with E-state index in [1.165, 1.54) is 10.5 Å². The van der Waals surface area contributed by atoms with Crippen molar-refractivity contribution in [2.75, 3.05) is 6.61 Å². The van der Waals surface area contributed by atoms with Gasteiger partial charge in [-0.3, -0.25) is 4.79 Å². The molecule has 1 aliphatic heterocycles. The molecule has 1 heterocycles. The SMILES string of the molecule is O=C(NC1(CO)CC1)C1Cc2ccccc2S1. The molecule has 0 saturated heterocycles. The van der Waals surface area contributed by atoms with Crippen LogP contribution in [0.25, 0.3) is 0 Å². The highest BCUT2D eigenvalue weighted by Crippen LogP contribution is 2.39. The summed E-state index contributed by atoms with van der Waals surface area (Å²) >= 11 is 1.63. The number of aliphatic hydroxyl groups is 1. The van der Waals surface area contributed by atoms with Crippen LogP contribution in [-0.4, -0.2) is 28.4 Å². The van der Waals surface area contributed by atoms with E-state index in [-0.39, 0.29) is 23.3 Å². The van der Waals surface area contributed by atoms with Gasteiger partial charge in [-0.25, -0.2) is 0 Å². The Balaban J connectivity index is 1.66. The summed E-state index contributed by atoms with van der Waals surface area (Å²) in [7, 11) is 0. The fourth-order valence-electron chi connectivity index (χ4n) is 2.14. The molecule has 1 fully saturated rings. The summed E-state index contributed by atoms with van der Waals surface area (Å²) in [6.45, 7) is 0.0586. The zero-order chi connectivity index (χ0) is 11.9. The number of hydrogen-bond donors (Lipinski definition) is 2. The normalized spacial score (nSPS) is 24.2. The summed E-state index contributed by atoms with van der Waals surface area (Å²) in [5, 5.41) is 12.2. The molecule has 17 heavy (non-hydrogen) atoms. The Morgan fingerprint density at radius 1 is 1.47 bits per heavy atom. The van der Waals surface area contributed by atoms with Crippen molar-refractivity contribution in [2.24, 2.45) is 0 Å². The molecule has 3 rings (SSSR count). The topological polar surface area (TPSA) is 49.3 Å². The predicted octanol–water partition coefficient (Wildman–Crippen LogP) is 1.34. The van der Waals surface area contributed by atoms with Crippen molar-refractivity contribution in [1.82, 2.24) is 5.32 Å². The van der Waals surface area contributed by atoms with E-state index in [0.29, 0.717) is 0 Å². The van der Waals surface area contributed by atoms with E-state index in [2.05, 4.69) is 17.4 Å². The molecular weight excluding hydrogens is 234 g/mol. The Hall–Kier alpha value is -1.00. The lowest BCUT2D eigenvalue weighted by atomic mass is 10.1. The van der Waals surface area contributed by atoms with Gasteiger partial charge in [-0.05, 0) is 30.9 Å². The third kappa shape index (κ3) is 2.07. The second kappa shape index (κ2) is 4.03. The quantitative estimate of drug-likeness (QED) is 0.850. The average Bonchev–Trinajstić information content (AvgIpc) is 2.98. The molecule has 0 aromatic heterocycles. The fourth-order valence-corrected chi connectivity index (χ4v) is 3.34. The molecule has 1 aromatic rings. The van der Waals surface area contributed by atoms with Crippen molar-refractivity contribution in [3.8, 4) is 0 Å². The highest BCUT2D eigenvalue weighted by Gasteiger charge is 2.45. The maximum Gasteiger partial charge on any atom is 0.234 e. The monoisotopic (exact) mass is 249 g/mol. The summed E-state index contributed by atoms with van der Waals surface area (Å²) in [5.41, 5.74) is 0.957. The average molecular weight is 249 g/mol. The number of nitrogens with one attached hydrogen (secondary N) is 1. The number of aliphatic hydroxyl groups excluding tert-OH is 1. The highest BCUT2D eigenvalue weighted by molar-refractivity contribution is 8.01. The number of fused-ring (bicyclic) bond motifs is 1. The molecule has 0 radical (unpaired) electrons. The first kappa shape index (κ1) is 11.1. The Morgan fingerprint density at radius 2 is 2.24 bits per heavy atom. The van der Waals surface area contributed by atoms with Crippen LogP contribution in [0.3, 0.4) is 0 Å². The molecule has 4 heteroatoms. The van der Waals surface area contributed by atoms with Gasteiger partial charge in [0.1, 0.15) is 0 Å². The van der Waals surface area contributed by atoms with E-state index in [0.717, 1.165) is 19.3 Å². The fraction of sp³-hybridized carbons (Fsp3) is 0.462. The van der Waals surface area contributed by atoms with Crippen molar-refractivity contribution in [3.05, 3.63) is 29.8 Å². The Kier molecular flexibility index (Phi) is 2.64. The van der Waals surface area contributed by atoms with Gasteiger partial charge >= 0.3 is 0 Å². The van der Waals surface area contributed by atoms with Crippen molar-refractivity contribution < 1.29 is 9.90 Å². The summed E-state index contributed by atoms with van der Waals surface area (Å²) in [4.78, 5) is 13.3. The third-order valence-corrected chi connectivity index (χ3v) is 4.80. The van der Waals surface area contributed by atoms with Crippen molar-refractivity contribution in [3.63, 3.8) is 0 Å². The maximum absolute atomic E-state index is 12.1. The first-order valence-electron chi connectivity index (χ1n) is 5.90. The first-order valence-corrected chi connectivity index (χ1v) is 6.78. The lowest BCUT2D eigenvalue weighted by Crippen LogP contribution is -2.44. The zero-order valence-electron chi connectivity index (χ0n) is 9.48. The van der Waals surface area contributed by atoms with Gasteiger partial charge in [0.15, 0.2) is 0 Å². The minimum absolute atomic E-state index is 0.0311. The Labute approximate surface area is 105 Å². The number of amides is 1. The van der Waals surface area contributed by atoms with Crippen LogP contribution in [0.4, 0.5) is 0 Å². The molecule has 2 N–H and O–H groups in total. The van der Waals surface area contributed by atoms with E-state index in [4.69, 9.17) is 0 Å². The largest absolute Gasteiger partial charge is 0.394 e. The summed E-state index contributed by atoms with van der Waals surface area (Å²) in [6, 6.07) is 8.15. The molecule has 1 saturated carbocycles. The molecule has 0 bridgehead atoms. The Morgan fingerprint density at radius 3 is 2.88 bits per heavy atom. The van der Waals surface area contributed by atoms with Crippen LogP contribution in [-0.2, 0) is 11.2 Å². The molecule has 1 unspecified atom stereocenters. The van der Waals surface area contributed by atoms with Crippen LogP contribution >= 0.6 is 11.8 Å². The number of carbonyl (C=O) groups is 1. The second-order valence-electron chi connectivity index (χ2n) is 4.85. The number of benzene rings is 1. The van der Waals surface area contributed by atoms with E-state index in [9.17, 15) is 9.90 Å². The smallest absolute Gasteiger partial charge is 0.234 e. The highest BCUT2D eigenvalue weighted by atomic mass is 32.2. The second-order valence-corrected chi connectivity index (χ2v) is 6.09. The van der Waals surface area contributed by atoms with Crippen molar-refractivity contribution in [2.45, 2.75) is 34.9 Å². The van der Waals surface area contributed by atoms with Gasteiger partial charge in [0.2, 0.25) is 5.91 Å². The zero-order valence-corrected chi connectivity index (χ0v) is 10.3. The lowest BCUT2D eigenvalue weighted by Gasteiger charge is -2.17. The molecule has 1 atom stereocenters.